The molecule has 0 aromatic heterocycles. The molecule has 2 aliphatic rings. The van der Waals surface area contributed by atoms with Crippen LogP contribution in [0.15, 0.2) is 24.3 Å². The second kappa shape index (κ2) is 6.80. The Labute approximate surface area is 133 Å². The van der Waals surface area contributed by atoms with E-state index < -0.39 is 6.04 Å². The smallest absolute Gasteiger partial charge is 0.244 e. The highest BCUT2D eigenvalue weighted by Crippen LogP contribution is 2.23. The minimum atomic E-state index is -0.530. The minimum Gasteiger partial charge on any atom is -0.339 e. The first-order valence-electron chi connectivity index (χ1n) is 8.50. The molecule has 4 heteroatoms. The molecule has 2 unspecified atom stereocenters. The number of likely N-dealkylation sites (tertiary alicyclic amines) is 2. The molecule has 2 heterocycles. The number of nitrogens with two attached hydrogens (primary N) is 1. The van der Waals surface area contributed by atoms with Gasteiger partial charge >= 0.3 is 0 Å². The number of carbonyl (C=O) groups is 1. The van der Waals surface area contributed by atoms with Crippen LogP contribution >= 0.6 is 0 Å². The lowest BCUT2D eigenvalue weighted by atomic mass is 10.0. The molecule has 2 saturated heterocycles. The lowest BCUT2D eigenvalue weighted by molar-refractivity contribution is -0.134. The summed E-state index contributed by atoms with van der Waals surface area (Å²) in [5.41, 5.74) is 8.32. The molecule has 120 valence electrons. The molecule has 0 saturated carbocycles. The number of piperidine rings is 1. The van der Waals surface area contributed by atoms with Crippen molar-refractivity contribution in [3.8, 4) is 0 Å². The first-order valence-corrected chi connectivity index (χ1v) is 8.50. The molecular weight excluding hydrogens is 274 g/mol. The number of hydrogen-bond donors (Lipinski definition) is 1. The van der Waals surface area contributed by atoms with Crippen LogP contribution in [-0.4, -0.2) is 47.9 Å². The standard InChI is InChI=1S/C18H27N3O/c1-14-6-8-15(9-7-14)17(19)18(22)21-12-4-5-16(13-21)20-10-2-3-11-20/h6-9,16-17H,2-5,10-13,19H2,1H3. The second-order valence-electron chi connectivity index (χ2n) is 6.71. The zero-order valence-electron chi connectivity index (χ0n) is 13.5. The maximum absolute atomic E-state index is 12.7. The third-order valence-corrected chi connectivity index (χ3v) is 5.07. The number of carbonyl (C=O) groups excluding carboxylic acids is 1. The van der Waals surface area contributed by atoms with Crippen LogP contribution in [0, 0.1) is 6.92 Å². The Morgan fingerprint density at radius 2 is 1.82 bits per heavy atom. The van der Waals surface area contributed by atoms with Crippen LogP contribution in [0.1, 0.15) is 42.9 Å². The van der Waals surface area contributed by atoms with Gasteiger partial charge in [0, 0.05) is 19.1 Å². The molecule has 0 aliphatic carbocycles. The van der Waals surface area contributed by atoms with Crippen molar-refractivity contribution >= 4 is 5.91 Å². The summed E-state index contributed by atoms with van der Waals surface area (Å²) in [5, 5.41) is 0. The molecule has 1 aromatic rings. The van der Waals surface area contributed by atoms with Gasteiger partial charge in [-0.1, -0.05) is 29.8 Å². The fourth-order valence-corrected chi connectivity index (χ4v) is 3.67. The molecule has 2 fully saturated rings. The second-order valence-corrected chi connectivity index (χ2v) is 6.71. The number of hydrogen-bond acceptors (Lipinski definition) is 3. The Bertz CT molecular complexity index is 508. The Balaban J connectivity index is 1.64. The van der Waals surface area contributed by atoms with Crippen molar-refractivity contribution in [3.63, 3.8) is 0 Å². The molecule has 4 nitrogen and oxygen atoms in total. The van der Waals surface area contributed by atoms with Crippen molar-refractivity contribution in [1.82, 2.24) is 9.80 Å². The molecule has 1 aromatic carbocycles. The molecule has 0 bridgehead atoms. The van der Waals surface area contributed by atoms with Gasteiger partial charge in [-0.2, -0.15) is 0 Å². The zero-order valence-corrected chi connectivity index (χ0v) is 13.5. The Morgan fingerprint density at radius 3 is 2.50 bits per heavy atom. The van der Waals surface area contributed by atoms with Gasteiger partial charge in [0.15, 0.2) is 0 Å². The van der Waals surface area contributed by atoms with E-state index in [2.05, 4.69) is 4.90 Å². The predicted molar refractivity (Wildman–Crippen MR) is 88.5 cm³/mol. The highest BCUT2D eigenvalue weighted by Gasteiger charge is 2.31. The van der Waals surface area contributed by atoms with Crippen LogP contribution in [0.2, 0.25) is 0 Å². The molecular formula is C18H27N3O. The van der Waals surface area contributed by atoms with Gasteiger partial charge in [-0.15, -0.1) is 0 Å². The zero-order chi connectivity index (χ0) is 15.5. The van der Waals surface area contributed by atoms with E-state index in [1.165, 1.54) is 37.9 Å². The third-order valence-electron chi connectivity index (χ3n) is 5.07. The van der Waals surface area contributed by atoms with E-state index in [1.807, 2.05) is 36.1 Å². The van der Waals surface area contributed by atoms with Crippen molar-refractivity contribution in [2.45, 2.75) is 44.7 Å². The summed E-state index contributed by atoms with van der Waals surface area (Å²) in [4.78, 5) is 17.3. The highest BCUT2D eigenvalue weighted by molar-refractivity contribution is 5.83. The summed E-state index contributed by atoms with van der Waals surface area (Å²) in [6.45, 7) is 6.12. The van der Waals surface area contributed by atoms with E-state index in [9.17, 15) is 4.79 Å². The van der Waals surface area contributed by atoms with Gasteiger partial charge in [0.1, 0.15) is 6.04 Å². The monoisotopic (exact) mass is 301 g/mol. The fraction of sp³-hybridized carbons (Fsp3) is 0.611. The number of rotatable bonds is 3. The average Bonchev–Trinajstić information content (AvgIpc) is 3.09. The first kappa shape index (κ1) is 15.5. The SMILES string of the molecule is Cc1ccc(C(N)C(=O)N2CCCC(N3CCCC3)C2)cc1. The van der Waals surface area contributed by atoms with Crippen LogP contribution in [0.3, 0.4) is 0 Å². The van der Waals surface area contributed by atoms with Crippen molar-refractivity contribution < 1.29 is 4.79 Å². The summed E-state index contributed by atoms with van der Waals surface area (Å²) in [6.07, 6.45) is 4.90. The van der Waals surface area contributed by atoms with Gasteiger partial charge in [0.05, 0.1) is 0 Å². The highest BCUT2D eigenvalue weighted by atomic mass is 16.2. The molecule has 3 rings (SSSR count). The van der Waals surface area contributed by atoms with E-state index in [0.29, 0.717) is 6.04 Å². The van der Waals surface area contributed by atoms with Gasteiger partial charge in [0.2, 0.25) is 5.91 Å². The number of aryl methyl sites for hydroxylation is 1. The lowest BCUT2D eigenvalue weighted by Crippen LogP contribution is -2.51. The molecule has 2 N–H and O–H groups in total. The summed E-state index contributed by atoms with van der Waals surface area (Å²) in [6, 6.07) is 7.99. The maximum atomic E-state index is 12.7. The van der Waals surface area contributed by atoms with Crippen molar-refractivity contribution in [2.75, 3.05) is 26.2 Å². The van der Waals surface area contributed by atoms with Crippen LogP contribution in [-0.2, 0) is 4.79 Å². The maximum Gasteiger partial charge on any atom is 0.244 e. The molecule has 0 spiro atoms. The summed E-state index contributed by atoms with van der Waals surface area (Å²) < 4.78 is 0. The van der Waals surface area contributed by atoms with Crippen molar-refractivity contribution in [2.24, 2.45) is 5.73 Å². The number of benzene rings is 1. The van der Waals surface area contributed by atoms with Crippen molar-refractivity contribution in [1.29, 1.82) is 0 Å². The Kier molecular flexibility index (Phi) is 4.79. The predicted octanol–water partition coefficient (Wildman–Crippen LogP) is 2.08. The van der Waals surface area contributed by atoms with E-state index >= 15 is 0 Å². The lowest BCUT2D eigenvalue weighted by Gasteiger charge is -2.38. The molecule has 22 heavy (non-hydrogen) atoms. The van der Waals surface area contributed by atoms with E-state index in [4.69, 9.17) is 5.73 Å². The van der Waals surface area contributed by atoms with Gasteiger partial charge in [-0.05, 0) is 51.3 Å². The minimum absolute atomic E-state index is 0.0766. The number of nitrogens with zero attached hydrogens (tertiary/aromatic N) is 2. The topological polar surface area (TPSA) is 49.6 Å². The normalized spacial score (nSPS) is 24.5. The van der Waals surface area contributed by atoms with Crippen molar-refractivity contribution in [3.05, 3.63) is 35.4 Å². The van der Waals surface area contributed by atoms with E-state index in [1.54, 1.807) is 0 Å². The number of amides is 1. The molecule has 2 aliphatic heterocycles. The fourth-order valence-electron chi connectivity index (χ4n) is 3.67. The third kappa shape index (κ3) is 3.33. The van der Waals surface area contributed by atoms with Gasteiger partial charge in [-0.25, -0.2) is 0 Å². The van der Waals surface area contributed by atoms with Gasteiger partial charge < -0.3 is 10.6 Å². The summed E-state index contributed by atoms with van der Waals surface area (Å²) >= 11 is 0. The quantitative estimate of drug-likeness (QED) is 0.930. The molecule has 2 atom stereocenters. The van der Waals surface area contributed by atoms with Crippen LogP contribution in [0.5, 0.6) is 0 Å². The van der Waals surface area contributed by atoms with Gasteiger partial charge in [-0.3, -0.25) is 9.69 Å². The van der Waals surface area contributed by atoms with Crippen LogP contribution in [0.4, 0.5) is 0 Å². The van der Waals surface area contributed by atoms with E-state index in [0.717, 1.165) is 25.1 Å². The summed E-state index contributed by atoms with van der Waals surface area (Å²) in [7, 11) is 0. The summed E-state index contributed by atoms with van der Waals surface area (Å²) in [5.74, 6) is 0.0766. The van der Waals surface area contributed by atoms with Crippen LogP contribution < -0.4 is 5.73 Å². The Morgan fingerprint density at radius 1 is 1.14 bits per heavy atom. The van der Waals surface area contributed by atoms with Crippen LogP contribution in [0.25, 0.3) is 0 Å². The Hall–Kier alpha value is -1.39. The molecule has 0 radical (unpaired) electrons. The molecule has 1 amide bonds. The van der Waals surface area contributed by atoms with E-state index in [-0.39, 0.29) is 5.91 Å². The largest absolute Gasteiger partial charge is 0.339 e. The average molecular weight is 301 g/mol. The van der Waals surface area contributed by atoms with Gasteiger partial charge in [0.25, 0.3) is 0 Å². The first-order chi connectivity index (χ1) is 10.6.